The molecule has 148 valence electrons. The van der Waals surface area contributed by atoms with E-state index in [9.17, 15) is 4.79 Å². The van der Waals surface area contributed by atoms with E-state index in [0.29, 0.717) is 13.2 Å². The Labute approximate surface area is 167 Å². The lowest BCUT2D eigenvalue weighted by Crippen LogP contribution is -2.51. The van der Waals surface area contributed by atoms with Gasteiger partial charge in [-0.15, -0.1) is 0 Å². The molecule has 0 aromatic heterocycles. The Morgan fingerprint density at radius 3 is 2.43 bits per heavy atom. The van der Waals surface area contributed by atoms with E-state index < -0.39 is 0 Å². The van der Waals surface area contributed by atoms with E-state index >= 15 is 0 Å². The first-order chi connectivity index (χ1) is 13.7. The van der Waals surface area contributed by atoms with E-state index in [2.05, 4.69) is 47.1 Å². The predicted molar refractivity (Wildman–Crippen MR) is 113 cm³/mol. The zero-order valence-electron chi connectivity index (χ0n) is 16.8. The molecule has 5 nitrogen and oxygen atoms in total. The highest BCUT2D eigenvalue weighted by atomic mass is 16.5. The van der Waals surface area contributed by atoms with Crippen LogP contribution in [0.1, 0.15) is 19.4 Å². The molecule has 0 spiro atoms. The van der Waals surface area contributed by atoms with Crippen LogP contribution < -0.4 is 14.5 Å². The zero-order chi connectivity index (χ0) is 19.5. The van der Waals surface area contributed by atoms with Gasteiger partial charge in [-0.3, -0.25) is 9.69 Å². The fourth-order valence-corrected chi connectivity index (χ4v) is 4.36. The number of para-hydroxylation sites is 3. The summed E-state index contributed by atoms with van der Waals surface area (Å²) in [4.78, 5) is 19.7. The van der Waals surface area contributed by atoms with Crippen molar-refractivity contribution in [1.82, 2.24) is 4.90 Å². The van der Waals surface area contributed by atoms with E-state index in [1.807, 2.05) is 30.0 Å². The van der Waals surface area contributed by atoms with E-state index in [4.69, 9.17) is 4.74 Å². The highest BCUT2D eigenvalue weighted by Crippen LogP contribution is 2.32. The summed E-state index contributed by atoms with van der Waals surface area (Å²) in [6.45, 7) is 8.89. The van der Waals surface area contributed by atoms with Gasteiger partial charge in [-0.2, -0.15) is 0 Å². The van der Waals surface area contributed by atoms with Crippen LogP contribution in [0.25, 0.3) is 0 Å². The van der Waals surface area contributed by atoms with Crippen molar-refractivity contribution in [2.24, 2.45) is 0 Å². The molecule has 2 heterocycles. The Morgan fingerprint density at radius 2 is 1.68 bits per heavy atom. The molecule has 0 unspecified atom stereocenters. The van der Waals surface area contributed by atoms with Crippen molar-refractivity contribution in [3.63, 3.8) is 0 Å². The molecule has 0 bridgehead atoms. The number of nitrogens with zero attached hydrogens (tertiary/aromatic N) is 3. The van der Waals surface area contributed by atoms with Crippen molar-refractivity contribution in [3.8, 4) is 5.75 Å². The minimum atomic E-state index is 0.209. The molecular formula is C23H29N3O2. The van der Waals surface area contributed by atoms with Crippen molar-refractivity contribution in [1.29, 1.82) is 0 Å². The molecule has 0 radical (unpaired) electrons. The van der Waals surface area contributed by atoms with Crippen molar-refractivity contribution in [3.05, 3.63) is 54.1 Å². The minimum Gasteiger partial charge on any atom is -0.492 e. The average molecular weight is 380 g/mol. The van der Waals surface area contributed by atoms with Gasteiger partial charge in [0.1, 0.15) is 5.75 Å². The molecule has 4 rings (SSSR count). The summed E-state index contributed by atoms with van der Waals surface area (Å²) in [6, 6.07) is 16.7. The molecule has 0 aliphatic carbocycles. The number of rotatable bonds is 5. The summed E-state index contributed by atoms with van der Waals surface area (Å²) < 4.78 is 5.78. The molecule has 0 N–H and O–H groups in total. The Morgan fingerprint density at radius 1 is 1.00 bits per heavy atom. The number of piperazine rings is 1. The van der Waals surface area contributed by atoms with Gasteiger partial charge in [0.25, 0.3) is 0 Å². The first-order valence-corrected chi connectivity index (χ1v) is 10.3. The SMILES string of the molecule is CCOc1ccccc1N1CCN(CC(=O)N2c3ccccc3C[C@H]2C)CC1. The maximum Gasteiger partial charge on any atom is 0.241 e. The van der Waals surface area contributed by atoms with Crippen LogP contribution in [0.4, 0.5) is 11.4 Å². The zero-order valence-corrected chi connectivity index (χ0v) is 16.8. The summed E-state index contributed by atoms with van der Waals surface area (Å²) in [5, 5.41) is 0. The smallest absolute Gasteiger partial charge is 0.241 e. The van der Waals surface area contributed by atoms with Crippen LogP contribution in [0.2, 0.25) is 0 Å². The number of carbonyl (C=O) groups is 1. The molecule has 1 atom stereocenters. The number of benzene rings is 2. The number of amides is 1. The molecular weight excluding hydrogens is 350 g/mol. The van der Waals surface area contributed by atoms with Gasteiger partial charge in [0, 0.05) is 37.9 Å². The molecule has 2 aliphatic rings. The van der Waals surface area contributed by atoms with Gasteiger partial charge in [0.15, 0.2) is 0 Å². The van der Waals surface area contributed by atoms with Gasteiger partial charge >= 0.3 is 0 Å². The molecule has 2 aromatic carbocycles. The quantitative estimate of drug-likeness (QED) is 0.799. The minimum absolute atomic E-state index is 0.209. The highest BCUT2D eigenvalue weighted by Gasteiger charge is 2.32. The summed E-state index contributed by atoms with van der Waals surface area (Å²) >= 11 is 0. The third-order valence-corrected chi connectivity index (χ3v) is 5.71. The Bertz CT molecular complexity index is 830. The number of carbonyl (C=O) groups excluding carboxylic acids is 1. The van der Waals surface area contributed by atoms with Crippen LogP contribution in [0.15, 0.2) is 48.5 Å². The first-order valence-electron chi connectivity index (χ1n) is 10.3. The van der Waals surface area contributed by atoms with Crippen molar-refractivity contribution >= 4 is 17.3 Å². The standard InChI is InChI=1S/C23H29N3O2/c1-3-28-22-11-7-6-10-21(22)25-14-12-24(13-15-25)17-23(27)26-18(2)16-19-8-4-5-9-20(19)26/h4-11,18H,3,12-17H2,1-2H3/t18-/m1/s1. The second-order valence-corrected chi connectivity index (χ2v) is 7.61. The van der Waals surface area contributed by atoms with Crippen LogP contribution in [0.3, 0.4) is 0 Å². The number of hydrogen-bond donors (Lipinski definition) is 0. The number of hydrogen-bond acceptors (Lipinski definition) is 4. The Kier molecular flexibility index (Phi) is 5.53. The lowest BCUT2D eigenvalue weighted by atomic mass is 10.1. The average Bonchev–Trinajstić information content (AvgIpc) is 3.05. The molecule has 5 heteroatoms. The fraction of sp³-hybridized carbons (Fsp3) is 0.435. The van der Waals surface area contributed by atoms with Crippen LogP contribution in [0.5, 0.6) is 5.75 Å². The van der Waals surface area contributed by atoms with E-state index in [0.717, 1.165) is 49.7 Å². The van der Waals surface area contributed by atoms with Gasteiger partial charge in [0.05, 0.1) is 18.8 Å². The van der Waals surface area contributed by atoms with Crippen LogP contribution in [-0.2, 0) is 11.2 Å². The number of ether oxygens (including phenoxy) is 1. The van der Waals surface area contributed by atoms with Gasteiger partial charge in [-0.1, -0.05) is 30.3 Å². The summed E-state index contributed by atoms with van der Waals surface area (Å²) in [5.74, 6) is 1.15. The normalized spacial score (nSPS) is 19.6. The highest BCUT2D eigenvalue weighted by molar-refractivity contribution is 5.97. The molecule has 2 aromatic rings. The molecule has 2 aliphatic heterocycles. The third kappa shape index (κ3) is 3.72. The first kappa shape index (κ1) is 18.8. The van der Waals surface area contributed by atoms with Crippen molar-refractivity contribution < 1.29 is 9.53 Å². The third-order valence-electron chi connectivity index (χ3n) is 5.71. The second kappa shape index (κ2) is 8.23. The summed E-state index contributed by atoms with van der Waals surface area (Å²) in [5.41, 5.74) is 3.52. The fourth-order valence-electron chi connectivity index (χ4n) is 4.36. The van der Waals surface area contributed by atoms with Crippen LogP contribution in [0, 0.1) is 0 Å². The Balaban J connectivity index is 1.37. The molecule has 0 saturated carbocycles. The number of fused-ring (bicyclic) bond motifs is 1. The maximum atomic E-state index is 13.0. The maximum absolute atomic E-state index is 13.0. The molecule has 28 heavy (non-hydrogen) atoms. The van der Waals surface area contributed by atoms with Gasteiger partial charge in [0.2, 0.25) is 5.91 Å². The second-order valence-electron chi connectivity index (χ2n) is 7.61. The topological polar surface area (TPSA) is 36.0 Å². The van der Waals surface area contributed by atoms with E-state index in [-0.39, 0.29) is 11.9 Å². The van der Waals surface area contributed by atoms with E-state index in [1.165, 1.54) is 5.56 Å². The van der Waals surface area contributed by atoms with Crippen LogP contribution in [-0.4, -0.2) is 56.2 Å². The number of anilines is 2. The predicted octanol–water partition coefficient (Wildman–Crippen LogP) is 3.19. The molecule has 1 fully saturated rings. The molecule has 1 saturated heterocycles. The van der Waals surface area contributed by atoms with Crippen LogP contribution >= 0.6 is 0 Å². The van der Waals surface area contributed by atoms with Gasteiger partial charge in [-0.25, -0.2) is 0 Å². The summed E-state index contributed by atoms with van der Waals surface area (Å²) in [6.07, 6.45) is 0.948. The van der Waals surface area contributed by atoms with Gasteiger partial charge < -0.3 is 14.5 Å². The monoisotopic (exact) mass is 379 g/mol. The van der Waals surface area contributed by atoms with E-state index in [1.54, 1.807) is 0 Å². The lowest BCUT2D eigenvalue weighted by molar-refractivity contribution is -0.120. The van der Waals surface area contributed by atoms with Crippen molar-refractivity contribution in [2.75, 3.05) is 49.1 Å². The Hall–Kier alpha value is -2.53. The van der Waals surface area contributed by atoms with Crippen molar-refractivity contribution in [2.45, 2.75) is 26.3 Å². The largest absolute Gasteiger partial charge is 0.492 e. The lowest BCUT2D eigenvalue weighted by Gasteiger charge is -2.37. The summed E-state index contributed by atoms with van der Waals surface area (Å²) in [7, 11) is 0. The van der Waals surface area contributed by atoms with Gasteiger partial charge in [-0.05, 0) is 44.0 Å². The molecule has 1 amide bonds.